The first kappa shape index (κ1) is 12.1. The Morgan fingerprint density at radius 2 is 2.00 bits per heavy atom. The minimum atomic E-state index is 0.736. The van der Waals surface area contributed by atoms with E-state index in [4.69, 9.17) is 4.74 Å². The molecule has 1 heterocycles. The van der Waals surface area contributed by atoms with Crippen LogP contribution in [0, 0.1) is 0 Å². The van der Waals surface area contributed by atoms with Gasteiger partial charge in [-0.05, 0) is 24.1 Å². The van der Waals surface area contributed by atoms with Gasteiger partial charge in [-0.1, -0.05) is 30.3 Å². The molecule has 1 aromatic carbocycles. The third-order valence-electron chi connectivity index (χ3n) is 2.53. The molecular weight excluding hydrogens is 230 g/mol. The van der Waals surface area contributed by atoms with Gasteiger partial charge in [0.25, 0.3) is 0 Å². The number of rotatable bonds is 6. The highest BCUT2D eigenvalue weighted by molar-refractivity contribution is 7.08. The van der Waals surface area contributed by atoms with Crippen LogP contribution >= 0.6 is 11.3 Å². The summed E-state index contributed by atoms with van der Waals surface area (Å²) in [5.41, 5.74) is 1.34. The van der Waals surface area contributed by atoms with E-state index in [-0.39, 0.29) is 0 Å². The average Bonchev–Trinajstić information content (AvgIpc) is 2.83. The van der Waals surface area contributed by atoms with Gasteiger partial charge < -0.3 is 4.74 Å². The molecule has 2 nitrogen and oxygen atoms in total. The molecule has 0 saturated heterocycles. The van der Waals surface area contributed by atoms with Crippen LogP contribution in [-0.2, 0) is 6.54 Å². The van der Waals surface area contributed by atoms with Gasteiger partial charge in [0.2, 0.25) is 0 Å². The third kappa shape index (κ3) is 4.21. The molecule has 0 fully saturated rings. The van der Waals surface area contributed by atoms with E-state index in [2.05, 4.69) is 36.2 Å². The zero-order chi connectivity index (χ0) is 11.9. The Hall–Kier alpha value is -1.32. The lowest BCUT2D eigenvalue weighted by Gasteiger charge is -2.16. The van der Waals surface area contributed by atoms with Gasteiger partial charge in [-0.3, -0.25) is 4.90 Å². The summed E-state index contributed by atoms with van der Waals surface area (Å²) in [6.45, 7) is 2.64. The van der Waals surface area contributed by atoms with Gasteiger partial charge in [-0.15, -0.1) is 11.3 Å². The fourth-order valence-electron chi connectivity index (χ4n) is 1.63. The lowest BCUT2D eigenvalue weighted by molar-refractivity contribution is 0.233. The summed E-state index contributed by atoms with van der Waals surface area (Å²) in [6, 6.07) is 12.5. The molecule has 0 saturated carbocycles. The molecule has 0 amide bonds. The van der Waals surface area contributed by atoms with E-state index in [0.29, 0.717) is 0 Å². The van der Waals surface area contributed by atoms with Crippen LogP contribution in [-0.4, -0.2) is 25.1 Å². The van der Waals surface area contributed by atoms with Gasteiger partial charge >= 0.3 is 0 Å². The van der Waals surface area contributed by atoms with Crippen LogP contribution in [0.25, 0.3) is 0 Å². The van der Waals surface area contributed by atoms with E-state index >= 15 is 0 Å². The van der Waals surface area contributed by atoms with Crippen molar-refractivity contribution in [2.45, 2.75) is 6.54 Å². The number of hydrogen-bond donors (Lipinski definition) is 0. The summed E-state index contributed by atoms with van der Waals surface area (Å²) in [5, 5.41) is 4.06. The van der Waals surface area contributed by atoms with E-state index in [9.17, 15) is 0 Å². The van der Waals surface area contributed by atoms with E-state index in [1.165, 1.54) is 5.56 Å². The fourth-order valence-corrected chi connectivity index (χ4v) is 2.20. The van der Waals surface area contributed by atoms with Crippen LogP contribution in [0.4, 0.5) is 0 Å². The van der Waals surface area contributed by atoms with Crippen LogP contribution in [0.3, 0.4) is 0 Å². The largest absolute Gasteiger partial charge is 0.491 e. The van der Waals surface area contributed by atoms with Crippen LogP contribution in [0.5, 0.6) is 5.75 Å². The van der Waals surface area contributed by atoms with Crippen molar-refractivity contribution in [3.05, 3.63) is 52.7 Å². The van der Waals surface area contributed by atoms with Crippen molar-refractivity contribution in [1.29, 1.82) is 0 Å². The first-order valence-corrected chi connectivity index (χ1v) is 6.66. The molecule has 0 aliphatic heterocycles. The van der Waals surface area contributed by atoms with Crippen molar-refractivity contribution < 1.29 is 4.74 Å². The average molecular weight is 247 g/mol. The van der Waals surface area contributed by atoms with Gasteiger partial charge in [-0.25, -0.2) is 0 Å². The molecule has 2 rings (SSSR count). The van der Waals surface area contributed by atoms with E-state index in [1.807, 2.05) is 22.9 Å². The zero-order valence-electron chi connectivity index (χ0n) is 10.0. The second kappa shape index (κ2) is 6.42. The molecule has 0 unspecified atom stereocenters. The number of hydrogen-bond acceptors (Lipinski definition) is 3. The van der Waals surface area contributed by atoms with Crippen molar-refractivity contribution >= 4 is 11.3 Å². The first-order valence-electron chi connectivity index (χ1n) is 5.72. The molecule has 0 spiro atoms. The third-order valence-corrected chi connectivity index (χ3v) is 3.19. The molecule has 0 N–H and O–H groups in total. The molecule has 17 heavy (non-hydrogen) atoms. The second-order valence-electron chi connectivity index (χ2n) is 4.03. The van der Waals surface area contributed by atoms with E-state index in [0.717, 1.165) is 25.4 Å². The predicted octanol–water partition coefficient (Wildman–Crippen LogP) is 3.26. The number of thiophene rings is 1. The molecule has 0 atom stereocenters. The van der Waals surface area contributed by atoms with E-state index < -0.39 is 0 Å². The molecule has 90 valence electrons. The summed E-state index contributed by atoms with van der Waals surface area (Å²) in [6.07, 6.45) is 0. The van der Waals surface area contributed by atoms with Gasteiger partial charge in [0, 0.05) is 18.5 Å². The Morgan fingerprint density at radius 3 is 2.71 bits per heavy atom. The maximum Gasteiger partial charge on any atom is 0.130 e. The predicted molar refractivity (Wildman–Crippen MR) is 72.6 cm³/mol. The first-order chi connectivity index (χ1) is 8.34. The summed E-state index contributed by atoms with van der Waals surface area (Å²) in [7, 11) is 2.12. The van der Waals surface area contributed by atoms with Crippen molar-refractivity contribution in [2.75, 3.05) is 20.2 Å². The van der Waals surface area contributed by atoms with Crippen LogP contribution < -0.4 is 4.74 Å². The van der Waals surface area contributed by atoms with Crippen LogP contribution in [0.1, 0.15) is 5.56 Å². The van der Waals surface area contributed by atoms with Gasteiger partial charge in [0.15, 0.2) is 0 Å². The maximum atomic E-state index is 5.62. The van der Waals surface area contributed by atoms with Crippen molar-refractivity contribution in [2.24, 2.45) is 0 Å². The van der Waals surface area contributed by atoms with E-state index in [1.54, 1.807) is 11.3 Å². The summed E-state index contributed by atoms with van der Waals surface area (Å²) in [5.74, 6) is 0.975. The minimum Gasteiger partial charge on any atom is -0.491 e. The Bertz CT molecular complexity index is 413. The SMILES string of the molecule is CN(CCOc1ccsc1)Cc1ccccc1. The monoisotopic (exact) mass is 247 g/mol. The van der Waals surface area contributed by atoms with Crippen LogP contribution in [0.15, 0.2) is 47.2 Å². The molecular formula is C14H17NOS. The number of likely N-dealkylation sites (N-methyl/N-ethyl adjacent to an activating group) is 1. The van der Waals surface area contributed by atoms with Crippen LogP contribution in [0.2, 0.25) is 0 Å². The van der Waals surface area contributed by atoms with Gasteiger partial charge in [-0.2, -0.15) is 0 Å². The summed E-state index contributed by atoms with van der Waals surface area (Å²) in [4.78, 5) is 2.27. The normalized spacial score (nSPS) is 10.7. The molecule has 0 bridgehead atoms. The number of nitrogens with zero attached hydrogens (tertiary/aromatic N) is 1. The quantitative estimate of drug-likeness (QED) is 0.777. The van der Waals surface area contributed by atoms with Crippen molar-refractivity contribution in [3.8, 4) is 5.75 Å². The Labute approximate surface area is 106 Å². The fraction of sp³-hybridized carbons (Fsp3) is 0.286. The molecule has 3 heteroatoms. The second-order valence-corrected chi connectivity index (χ2v) is 4.81. The number of benzene rings is 1. The lowest BCUT2D eigenvalue weighted by Crippen LogP contribution is -2.23. The highest BCUT2D eigenvalue weighted by atomic mass is 32.1. The maximum absolute atomic E-state index is 5.62. The Kier molecular flexibility index (Phi) is 4.59. The molecule has 2 aromatic rings. The van der Waals surface area contributed by atoms with Crippen molar-refractivity contribution in [1.82, 2.24) is 4.90 Å². The molecule has 0 radical (unpaired) electrons. The highest BCUT2D eigenvalue weighted by Crippen LogP contribution is 2.14. The van der Waals surface area contributed by atoms with Crippen molar-refractivity contribution in [3.63, 3.8) is 0 Å². The standard InChI is InChI=1S/C14H17NOS/c1-15(11-13-5-3-2-4-6-13)8-9-16-14-7-10-17-12-14/h2-7,10,12H,8-9,11H2,1H3. The smallest absolute Gasteiger partial charge is 0.130 e. The summed E-state index contributed by atoms with van der Waals surface area (Å²) < 4.78 is 5.62. The lowest BCUT2D eigenvalue weighted by atomic mass is 10.2. The van der Waals surface area contributed by atoms with Gasteiger partial charge in [0.05, 0.1) is 0 Å². The molecule has 1 aromatic heterocycles. The Morgan fingerprint density at radius 1 is 1.18 bits per heavy atom. The highest BCUT2D eigenvalue weighted by Gasteiger charge is 2.00. The van der Waals surface area contributed by atoms with Gasteiger partial charge in [0.1, 0.15) is 12.4 Å². The summed E-state index contributed by atoms with van der Waals surface area (Å²) >= 11 is 1.66. The minimum absolute atomic E-state index is 0.736. The zero-order valence-corrected chi connectivity index (χ0v) is 10.8. The molecule has 0 aliphatic carbocycles. The Balaban J connectivity index is 1.69. The topological polar surface area (TPSA) is 12.5 Å². The molecule has 0 aliphatic rings. The number of ether oxygens (including phenoxy) is 1.